The summed E-state index contributed by atoms with van der Waals surface area (Å²) >= 11 is 0. The summed E-state index contributed by atoms with van der Waals surface area (Å²) in [6.45, 7) is 1.93. The number of carbonyl (C=O) groups excluding carboxylic acids is 2. The van der Waals surface area contributed by atoms with Crippen LogP contribution in [0.4, 0.5) is 5.69 Å². The zero-order valence-corrected chi connectivity index (χ0v) is 18.6. The Hall–Kier alpha value is -3.68. The van der Waals surface area contributed by atoms with Gasteiger partial charge in [0.1, 0.15) is 0 Å². The van der Waals surface area contributed by atoms with E-state index in [0.717, 1.165) is 37.7 Å². The van der Waals surface area contributed by atoms with E-state index in [1.807, 2.05) is 12.1 Å². The van der Waals surface area contributed by atoms with E-state index >= 15 is 0 Å². The number of carboxylic acid groups (broad SMARTS) is 1. The molecule has 8 nitrogen and oxygen atoms in total. The largest absolute Gasteiger partial charge is 0.478 e. The zero-order valence-electron chi connectivity index (χ0n) is 18.6. The number of aromatic nitrogens is 1. The summed E-state index contributed by atoms with van der Waals surface area (Å²) in [5, 5.41) is 12.1. The normalized spacial score (nSPS) is 14.4. The highest BCUT2D eigenvalue weighted by Gasteiger charge is 2.24. The number of nitrogens with zero attached hydrogens (tertiary/aromatic N) is 2. The molecule has 1 aromatic carbocycles. The molecule has 0 radical (unpaired) electrons. The number of hydrogen-bond donors (Lipinski definition) is 3. The maximum atomic E-state index is 12.8. The molecule has 0 atom stereocenters. The Bertz CT molecular complexity index is 999. The van der Waals surface area contributed by atoms with Gasteiger partial charge in [0.05, 0.1) is 5.56 Å². The number of unbranched alkanes of at least 4 members (excludes halogenated alkanes) is 1. The molecule has 174 valence electrons. The molecule has 1 saturated heterocycles. The van der Waals surface area contributed by atoms with Gasteiger partial charge in [-0.05, 0) is 61.1 Å². The Balaban J connectivity index is 1.34. The Morgan fingerprint density at radius 3 is 2.61 bits per heavy atom. The van der Waals surface area contributed by atoms with E-state index in [-0.39, 0.29) is 23.1 Å². The van der Waals surface area contributed by atoms with Crippen molar-refractivity contribution in [2.45, 2.75) is 32.1 Å². The summed E-state index contributed by atoms with van der Waals surface area (Å²) < 4.78 is 0. The number of likely N-dealkylation sites (tertiary alicyclic amines) is 1. The predicted octanol–water partition coefficient (Wildman–Crippen LogP) is 3.21. The first-order valence-electron chi connectivity index (χ1n) is 11.2. The minimum atomic E-state index is -1.10. The van der Waals surface area contributed by atoms with Crippen LogP contribution in [0.25, 0.3) is 6.08 Å². The van der Waals surface area contributed by atoms with E-state index in [2.05, 4.69) is 10.3 Å². The van der Waals surface area contributed by atoms with E-state index in [0.29, 0.717) is 31.1 Å². The summed E-state index contributed by atoms with van der Waals surface area (Å²) in [6.07, 6.45) is 11.5. The SMILES string of the molecule is Nc1cc(C(=O)O)cc(C(=O)N2CCC(CCCCNC(=O)C=Cc3cccnc3)CC2)c1. The van der Waals surface area contributed by atoms with Crippen LogP contribution in [0.2, 0.25) is 0 Å². The number of carbonyl (C=O) groups is 3. The molecule has 0 aliphatic carbocycles. The monoisotopic (exact) mass is 450 g/mol. The first-order chi connectivity index (χ1) is 15.9. The van der Waals surface area contributed by atoms with Gasteiger partial charge in [-0.1, -0.05) is 18.9 Å². The van der Waals surface area contributed by atoms with Gasteiger partial charge in [-0.15, -0.1) is 0 Å². The highest BCUT2D eigenvalue weighted by molar-refractivity contribution is 5.98. The number of nitrogens with two attached hydrogens (primary N) is 1. The maximum absolute atomic E-state index is 12.8. The van der Waals surface area contributed by atoms with Crippen molar-refractivity contribution >= 4 is 29.5 Å². The van der Waals surface area contributed by atoms with Crippen LogP contribution in [0, 0.1) is 5.92 Å². The molecule has 4 N–H and O–H groups in total. The van der Waals surface area contributed by atoms with Crippen LogP contribution >= 0.6 is 0 Å². The number of benzene rings is 1. The van der Waals surface area contributed by atoms with E-state index in [4.69, 9.17) is 5.73 Å². The lowest BCUT2D eigenvalue weighted by atomic mass is 9.91. The average Bonchev–Trinajstić information content (AvgIpc) is 2.82. The third kappa shape index (κ3) is 7.45. The van der Waals surface area contributed by atoms with Gasteiger partial charge >= 0.3 is 5.97 Å². The molecule has 33 heavy (non-hydrogen) atoms. The summed E-state index contributed by atoms with van der Waals surface area (Å²) in [4.78, 5) is 41.6. The molecule has 2 heterocycles. The van der Waals surface area contributed by atoms with Crippen LogP contribution in [0.5, 0.6) is 0 Å². The van der Waals surface area contributed by atoms with Crippen molar-refractivity contribution in [2.24, 2.45) is 5.92 Å². The number of hydrogen-bond acceptors (Lipinski definition) is 5. The minimum absolute atomic E-state index is 0.0212. The summed E-state index contributed by atoms with van der Waals surface area (Å²) in [7, 11) is 0. The fourth-order valence-electron chi connectivity index (χ4n) is 3.98. The van der Waals surface area contributed by atoms with Crippen LogP contribution in [-0.4, -0.2) is 52.4 Å². The van der Waals surface area contributed by atoms with Gasteiger partial charge in [-0.3, -0.25) is 14.6 Å². The van der Waals surface area contributed by atoms with Gasteiger partial charge in [0.15, 0.2) is 0 Å². The number of pyridine rings is 1. The predicted molar refractivity (Wildman–Crippen MR) is 127 cm³/mol. The van der Waals surface area contributed by atoms with Crippen molar-refractivity contribution in [1.29, 1.82) is 0 Å². The standard InChI is InChI=1S/C25H30N4O4/c26-22-15-20(14-21(16-22)25(32)33)24(31)29-12-8-18(9-13-29)4-1-2-11-28-23(30)7-6-19-5-3-10-27-17-19/h3,5-7,10,14-18H,1-2,4,8-9,11-13,26H2,(H,28,30)(H,32,33). The second-order valence-electron chi connectivity index (χ2n) is 8.29. The number of anilines is 1. The van der Waals surface area contributed by atoms with E-state index in [1.54, 1.807) is 23.4 Å². The summed E-state index contributed by atoms with van der Waals surface area (Å²) in [5.74, 6) is -0.843. The third-order valence-electron chi connectivity index (χ3n) is 5.80. The van der Waals surface area contributed by atoms with Crippen molar-refractivity contribution in [3.8, 4) is 0 Å². The first kappa shape index (κ1) is 24.0. The van der Waals surface area contributed by atoms with Crippen LogP contribution in [0.15, 0.2) is 48.8 Å². The van der Waals surface area contributed by atoms with Gasteiger partial charge in [0, 0.05) is 49.4 Å². The van der Waals surface area contributed by atoms with Crippen molar-refractivity contribution in [3.05, 3.63) is 65.5 Å². The first-order valence-corrected chi connectivity index (χ1v) is 11.2. The van der Waals surface area contributed by atoms with Crippen LogP contribution < -0.4 is 11.1 Å². The second-order valence-corrected chi connectivity index (χ2v) is 8.29. The summed E-state index contributed by atoms with van der Waals surface area (Å²) in [5.41, 5.74) is 7.26. The number of amides is 2. The molecule has 1 aromatic heterocycles. The van der Waals surface area contributed by atoms with Gasteiger partial charge < -0.3 is 21.1 Å². The third-order valence-corrected chi connectivity index (χ3v) is 5.80. The molecule has 1 fully saturated rings. The number of nitrogens with one attached hydrogen (secondary N) is 1. The number of piperidine rings is 1. The molecule has 0 saturated carbocycles. The van der Waals surface area contributed by atoms with Crippen molar-refractivity contribution < 1.29 is 19.5 Å². The molecule has 2 amide bonds. The lowest BCUT2D eigenvalue weighted by Crippen LogP contribution is -2.38. The molecular formula is C25H30N4O4. The number of rotatable bonds is 9. The van der Waals surface area contributed by atoms with Crippen molar-refractivity contribution in [2.75, 3.05) is 25.4 Å². The topological polar surface area (TPSA) is 126 Å². The highest BCUT2D eigenvalue weighted by atomic mass is 16.4. The number of carboxylic acids is 1. The zero-order chi connectivity index (χ0) is 23.6. The molecular weight excluding hydrogens is 420 g/mol. The molecule has 1 aliphatic rings. The highest BCUT2D eigenvalue weighted by Crippen LogP contribution is 2.24. The Morgan fingerprint density at radius 1 is 1.15 bits per heavy atom. The van der Waals surface area contributed by atoms with E-state index in [1.165, 1.54) is 24.3 Å². The van der Waals surface area contributed by atoms with Crippen LogP contribution in [0.3, 0.4) is 0 Å². The molecule has 0 bridgehead atoms. The van der Waals surface area contributed by atoms with Crippen LogP contribution in [-0.2, 0) is 4.79 Å². The smallest absolute Gasteiger partial charge is 0.335 e. The molecule has 2 aromatic rings. The Labute approximate surface area is 193 Å². The maximum Gasteiger partial charge on any atom is 0.335 e. The van der Waals surface area contributed by atoms with Gasteiger partial charge in [-0.2, -0.15) is 0 Å². The fourth-order valence-corrected chi connectivity index (χ4v) is 3.98. The second kappa shape index (κ2) is 11.8. The van der Waals surface area contributed by atoms with Gasteiger partial charge in [-0.25, -0.2) is 4.79 Å². The summed E-state index contributed by atoms with van der Waals surface area (Å²) in [6, 6.07) is 7.97. The molecule has 3 rings (SSSR count). The van der Waals surface area contributed by atoms with E-state index < -0.39 is 5.97 Å². The number of aromatic carboxylic acids is 1. The lowest BCUT2D eigenvalue weighted by molar-refractivity contribution is -0.116. The number of nitrogen functional groups attached to an aromatic ring is 1. The average molecular weight is 451 g/mol. The molecule has 8 heteroatoms. The van der Waals surface area contributed by atoms with E-state index in [9.17, 15) is 19.5 Å². The fraction of sp³-hybridized carbons (Fsp3) is 0.360. The molecule has 0 spiro atoms. The quantitative estimate of drug-likeness (QED) is 0.306. The molecule has 1 aliphatic heterocycles. The van der Waals surface area contributed by atoms with Gasteiger partial charge in [0.25, 0.3) is 5.91 Å². The van der Waals surface area contributed by atoms with Crippen molar-refractivity contribution in [1.82, 2.24) is 15.2 Å². The Morgan fingerprint density at radius 2 is 1.91 bits per heavy atom. The van der Waals surface area contributed by atoms with Gasteiger partial charge in [0.2, 0.25) is 5.91 Å². The Kier molecular flexibility index (Phi) is 8.57. The minimum Gasteiger partial charge on any atom is -0.478 e. The lowest BCUT2D eigenvalue weighted by Gasteiger charge is -2.32. The van der Waals surface area contributed by atoms with Crippen molar-refractivity contribution in [3.63, 3.8) is 0 Å². The van der Waals surface area contributed by atoms with Crippen LogP contribution in [0.1, 0.15) is 58.4 Å². The molecule has 0 unspecified atom stereocenters.